The minimum Gasteiger partial charge on any atom is -0.310 e. The van der Waals surface area contributed by atoms with E-state index in [0.29, 0.717) is 0 Å². The molecule has 2 heteroatoms. The molecule has 0 amide bonds. The predicted molar refractivity (Wildman–Crippen MR) is 272 cm³/mol. The second-order valence-corrected chi connectivity index (χ2v) is 16.4. The molecular formula is C62H42N2. The van der Waals surface area contributed by atoms with Crippen LogP contribution in [0.3, 0.4) is 0 Å². The summed E-state index contributed by atoms with van der Waals surface area (Å²) in [6, 6.07) is 92.6. The van der Waals surface area contributed by atoms with Crippen molar-refractivity contribution in [3.63, 3.8) is 0 Å². The van der Waals surface area contributed by atoms with Gasteiger partial charge in [-0.1, -0.05) is 194 Å². The lowest BCUT2D eigenvalue weighted by atomic mass is 9.84. The van der Waals surface area contributed by atoms with Crippen molar-refractivity contribution in [1.29, 1.82) is 0 Å². The molecule has 2 nitrogen and oxygen atoms in total. The van der Waals surface area contributed by atoms with Gasteiger partial charge in [-0.2, -0.15) is 0 Å². The molecule has 0 saturated heterocycles. The van der Waals surface area contributed by atoms with Crippen molar-refractivity contribution in [2.24, 2.45) is 0 Å². The molecule has 12 aromatic rings. The van der Waals surface area contributed by atoms with Gasteiger partial charge >= 0.3 is 0 Å². The topological polar surface area (TPSA) is 8.17 Å². The molecular weight excluding hydrogens is 773 g/mol. The van der Waals surface area contributed by atoms with Crippen molar-refractivity contribution in [2.75, 3.05) is 4.90 Å². The van der Waals surface area contributed by atoms with E-state index in [4.69, 9.17) is 0 Å². The van der Waals surface area contributed by atoms with Crippen LogP contribution in [0.4, 0.5) is 17.1 Å². The number of nitrogens with zero attached hydrogens (tertiary/aromatic N) is 2. The van der Waals surface area contributed by atoms with E-state index in [9.17, 15) is 0 Å². The van der Waals surface area contributed by atoms with Crippen molar-refractivity contribution in [3.8, 4) is 50.2 Å². The highest BCUT2D eigenvalue weighted by atomic mass is 15.1. The van der Waals surface area contributed by atoms with Gasteiger partial charge in [-0.3, -0.25) is 0 Å². The largest absolute Gasteiger partial charge is 0.310 e. The first-order chi connectivity index (χ1) is 31.8. The lowest BCUT2D eigenvalue weighted by Crippen LogP contribution is -2.11. The van der Waals surface area contributed by atoms with Crippen LogP contribution in [0.1, 0.15) is 0 Å². The number of anilines is 3. The van der Waals surface area contributed by atoms with E-state index in [1.165, 1.54) is 82.3 Å². The number of aromatic nitrogens is 1. The molecule has 0 atom stereocenters. The van der Waals surface area contributed by atoms with E-state index in [0.717, 1.165) is 28.3 Å². The van der Waals surface area contributed by atoms with E-state index < -0.39 is 0 Å². The molecule has 300 valence electrons. The van der Waals surface area contributed by atoms with Gasteiger partial charge in [0.2, 0.25) is 0 Å². The van der Waals surface area contributed by atoms with Crippen LogP contribution in [0.5, 0.6) is 0 Å². The lowest BCUT2D eigenvalue weighted by molar-refractivity contribution is 1.18. The van der Waals surface area contributed by atoms with E-state index in [2.05, 4.69) is 264 Å². The Morgan fingerprint density at radius 2 is 0.766 bits per heavy atom. The van der Waals surface area contributed by atoms with Crippen molar-refractivity contribution >= 4 is 60.4 Å². The Hall–Kier alpha value is -8.46. The molecule has 0 aliphatic carbocycles. The third-order valence-corrected chi connectivity index (χ3v) is 12.8. The van der Waals surface area contributed by atoms with Gasteiger partial charge < -0.3 is 9.47 Å². The Balaban J connectivity index is 1.04. The van der Waals surface area contributed by atoms with Crippen LogP contribution < -0.4 is 4.90 Å². The predicted octanol–water partition coefficient (Wildman–Crippen LogP) is 17.2. The molecule has 0 spiro atoms. The summed E-state index contributed by atoms with van der Waals surface area (Å²) in [5.74, 6) is 0. The van der Waals surface area contributed by atoms with Crippen LogP contribution in [-0.2, 0) is 0 Å². The Bertz CT molecular complexity index is 3630. The summed E-state index contributed by atoms with van der Waals surface area (Å²) in [7, 11) is 0. The second-order valence-electron chi connectivity index (χ2n) is 16.4. The lowest BCUT2D eigenvalue weighted by Gasteiger charge is -2.28. The van der Waals surface area contributed by atoms with Gasteiger partial charge in [-0.25, -0.2) is 0 Å². The van der Waals surface area contributed by atoms with Crippen LogP contribution >= 0.6 is 0 Å². The zero-order chi connectivity index (χ0) is 42.4. The number of para-hydroxylation sites is 3. The van der Waals surface area contributed by atoms with Crippen LogP contribution in [0.2, 0.25) is 0 Å². The minimum absolute atomic E-state index is 1.08. The summed E-state index contributed by atoms with van der Waals surface area (Å²) >= 11 is 0. The third-order valence-electron chi connectivity index (χ3n) is 12.8. The highest BCUT2D eigenvalue weighted by molar-refractivity contribution is 6.22. The normalized spacial score (nSPS) is 11.4. The molecule has 64 heavy (non-hydrogen) atoms. The molecule has 1 heterocycles. The van der Waals surface area contributed by atoms with Gasteiger partial charge in [0.15, 0.2) is 0 Å². The molecule has 0 aliphatic rings. The number of rotatable bonds is 8. The first kappa shape index (κ1) is 37.3. The Labute approximate surface area is 373 Å². The van der Waals surface area contributed by atoms with Crippen LogP contribution in [0.15, 0.2) is 255 Å². The summed E-state index contributed by atoms with van der Waals surface area (Å²) in [4.78, 5) is 2.42. The Kier molecular flexibility index (Phi) is 9.20. The maximum atomic E-state index is 2.42. The number of hydrogen-bond donors (Lipinski definition) is 0. The maximum absolute atomic E-state index is 2.42. The average molecular weight is 815 g/mol. The van der Waals surface area contributed by atoms with Gasteiger partial charge in [0, 0.05) is 33.4 Å². The summed E-state index contributed by atoms with van der Waals surface area (Å²) < 4.78 is 2.38. The molecule has 1 aromatic heterocycles. The molecule has 0 saturated carbocycles. The average Bonchev–Trinajstić information content (AvgIpc) is 3.71. The molecule has 0 unspecified atom stereocenters. The van der Waals surface area contributed by atoms with E-state index in [1.54, 1.807) is 0 Å². The summed E-state index contributed by atoms with van der Waals surface area (Å²) in [6.07, 6.45) is 0. The van der Waals surface area contributed by atoms with E-state index in [1.807, 2.05) is 0 Å². The fourth-order valence-electron chi connectivity index (χ4n) is 9.90. The van der Waals surface area contributed by atoms with E-state index in [-0.39, 0.29) is 0 Å². The SMILES string of the molecule is c1ccc(-c2ccccc2N(c2ccc(-c3ccc4c(c3)c(-c3ccccc3)c(-c3ccccc3)c3ccccc34)cc2)c2ccc3c(c2)c2ccccc2n3-c2ccccc2)cc1. The maximum Gasteiger partial charge on any atom is 0.0542 e. The molecule has 0 N–H and O–H groups in total. The minimum atomic E-state index is 1.08. The number of hydrogen-bond acceptors (Lipinski definition) is 1. The van der Waals surface area contributed by atoms with Gasteiger partial charge in [0.1, 0.15) is 0 Å². The zero-order valence-electron chi connectivity index (χ0n) is 35.1. The quantitative estimate of drug-likeness (QED) is 0.139. The highest BCUT2D eigenvalue weighted by Gasteiger charge is 2.21. The van der Waals surface area contributed by atoms with Crippen molar-refractivity contribution in [3.05, 3.63) is 255 Å². The molecule has 0 aliphatic heterocycles. The van der Waals surface area contributed by atoms with Crippen LogP contribution in [0, 0.1) is 0 Å². The van der Waals surface area contributed by atoms with Crippen LogP contribution in [0.25, 0.3) is 93.5 Å². The van der Waals surface area contributed by atoms with E-state index >= 15 is 0 Å². The molecule has 0 radical (unpaired) electrons. The molecule has 0 bridgehead atoms. The smallest absolute Gasteiger partial charge is 0.0542 e. The number of fused-ring (bicyclic) bond motifs is 6. The third kappa shape index (κ3) is 6.35. The van der Waals surface area contributed by atoms with Crippen molar-refractivity contribution in [2.45, 2.75) is 0 Å². The van der Waals surface area contributed by atoms with Gasteiger partial charge in [0.05, 0.1) is 16.7 Å². The number of benzene rings is 11. The van der Waals surface area contributed by atoms with Gasteiger partial charge in [0.25, 0.3) is 0 Å². The fourth-order valence-corrected chi connectivity index (χ4v) is 9.90. The monoisotopic (exact) mass is 814 g/mol. The molecule has 12 rings (SSSR count). The summed E-state index contributed by atoms with van der Waals surface area (Å²) in [5, 5.41) is 7.45. The molecule has 0 fully saturated rings. The fraction of sp³-hybridized carbons (Fsp3) is 0. The standard InChI is InChI=1S/C62H42N2/c1-5-19-44(20-6-1)51-27-15-17-31-58(51)63(50-38-40-60-56(42-50)54-29-16-18-32-59(54)64(60)48-25-11-4-12-26-48)49-36-33-43(34-37-49)47-35-39-53-52-28-13-14-30-55(52)61(45-21-7-2-8-22-45)62(57(53)41-47)46-23-9-3-10-24-46/h1-42H. The van der Waals surface area contributed by atoms with Crippen molar-refractivity contribution < 1.29 is 0 Å². The van der Waals surface area contributed by atoms with Crippen molar-refractivity contribution in [1.82, 2.24) is 4.57 Å². The highest BCUT2D eigenvalue weighted by Crippen LogP contribution is 2.47. The first-order valence-electron chi connectivity index (χ1n) is 22.0. The Morgan fingerprint density at radius 1 is 0.266 bits per heavy atom. The van der Waals surface area contributed by atoms with Gasteiger partial charge in [-0.05, 0) is 121 Å². The first-order valence-corrected chi connectivity index (χ1v) is 22.0. The van der Waals surface area contributed by atoms with Crippen LogP contribution in [-0.4, -0.2) is 4.57 Å². The van der Waals surface area contributed by atoms with Gasteiger partial charge in [-0.15, -0.1) is 0 Å². The zero-order valence-corrected chi connectivity index (χ0v) is 35.1. The summed E-state index contributed by atoms with van der Waals surface area (Å²) in [5.41, 5.74) is 16.4. The Morgan fingerprint density at radius 3 is 1.47 bits per heavy atom. The second kappa shape index (κ2) is 15.8. The summed E-state index contributed by atoms with van der Waals surface area (Å²) in [6.45, 7) is 0. The molecule has 11 aromatic carbocycles.